The number of nitrogens with one attached hydrogen (secondary N) is 2. The SMILES string of the molecule is O=C(C[C@]1(O)C(=O)Nc2cc(Br)ccc21)c1cccc(NS(=O)(=O)c2ccccc2)c1. The molecule has 0 aliphatic carbocycles. The normalized spacial score (nSPS) is 17.7. The van der Waals surface area contributed by atoms with E-state index in [-0.39, 0.29) is 16.1 Å². The molecule has 3 aromatic carbocycles. The van der Waals surface area contributed by atoms with Crippen LogP contribution >= 0.6 is 15.9 Å². The van der Waals surface area contributed by atoms with Crippen LogP contribution in [0.5, 0.6) is 0 Å². The fourth-order valence-electron chi connectivity index (χ4n) is 3.41. The van der Waals surface area contributed by atoms with Gasteiger partial charge in [-0.15, -0.1) is 0 Å². The van der Waals surface area contributed by atoms with Crippen LogP contribution in [0.15, 0.2) is 82.2 Å². The summed E-state index contributed by atoms with van der Waals surface area (Å²) in [7, 11) is -3.82. The molecule has 0 radical (unpaired) electrons. The molecule has 1 aliphatic rings. The number of hydrogen-bond donors (Lipinski definition) is 3. The molecule has 9 heteroatoms. The van der Waals surface area contributed by atoms with Crippen molar-refractivity contribution in [1.82, 2.24) is 0 Å². The van der Waals surface area contributed by atoms with Crippen LogP contribution in [-0.4, -0.2) is 25.2 Å². The van der Waals surface area contributed by atoms with Crippen LogP contribution < -0.4 is 10.0 Å². The Bertz CT molecular complexity index is 1290. The van der Waals surface area contributed by atoms with Crippen molar-refractivity contribution in [2.45, 2.75) is 16.9 Å². The van der Waals surface area contributed by atoms with Gasteiger partial charge in [-0.25, -0.2) is 8.42 Å². The van der Waals surface area contributed by atoms with Gasteiger partial charge in [0.2, 0.25) is 0 Å². The van der Waals surface area contributed by atoms with Gasteiger partial charge in [-0.05, 0) is 36.4 Å². The lowest BCUT2D eigenvalue weighted by atomic mass is 9.88. The van der Waals surface area contributed by atoms with Gasteiger partial charge in [0.05, 0.1) is 11.3 Å². The molecule has 3 N–H and O–H groups in total. The van der Waals surface area contributed by atoms with Gasteiger partial charge in [0.1, 0.15) is 0 Å². The van der Waals surface area contributed by atoms with Gasteiger partial charge < -0.3 is 10.4 Å². The summed E-state index contributed by atoms with van der Waals surface area (Å²) in [6.07, 6.45) is -0.484. The van der Waals surface area contributed by atoms with Crippen molar-refractivity contribution in [3.63, 3.8) is 0 Å². The second-order valence-corrected chi connectivity index (χ2v) is 9.70. The smallest absolute Gasteiger partial charge is 0.261 e. The Morgan fingerprint density at radius 2 is 1.77 bits per heavy atom. The maximum absolute atomic E-state index is 12.9. The van der Waals surface area contributed by atoms with Gasteiger partial charge in [-0.3, -0.25) is 14.3 Å². The number of ketones is 1. The molecule has 0 aromatic heterocycles. The monoisotopic (exact) mass is 500 g/mol. The molecule has 0 fully saturated rings. The van der Waals surface area contributed by atoms with Crippen molar-refractivity contribution >= 4 is 49.0 Å². The molecule has 1 amide bonds. The van der Waals surface area contributed by atoms with E-state index in [1.807, 2.05) is 0 Å². The van der Waals surface area contributed by atoms with Gasteiger partial charge in [0, 0.05) is 27.0 Å². The van der Waals surface area contributed by atoms with Crippen molar-refractivity contribution in [2.75, 3.05) is 10.0 Å². The van der Waals surface area contributed by atoms with E-state index < -0.39 is 33.7 Å². The zero-order valence-electron chi connectivity index (χ0n) is 16.0. The van der Waals surface area contributed by atoms with Crippen LogP contribution in [-0.2, 0) is 20.4 Å². The highest BCUT2D eigenvalue weighted by molar-refractivity contribution is 9.10. The zero-order valence-corrected chi connectivity index (χ0v) is 18.4. The van der Waals surface area contributed by atoms with Crippen LogP contribution in [0.4, 0.5) is 11.4 Å². The second-order valence-electron chi connectivity index (χ2n) is 7.10. The maximum Gasteiger partial charge on any atom is 0.261 e. The number of Topliss-reactive ketones (excluding diaryl/α,β-unsaturated/α-hetero) is 1. The number of hydrogen-bond acceptors (Lipinski definition) is 5. The summed E-state index contributed by atoms with van der Waals surface area (Å²) >= 11 is 3.30. The summed E-state index contributed by atoms with van der Waals surface area (Å²) in [5.41, 5.74) is -0.900. The van der Waals surface area contributed by atoms with Gasteiger partial charge in [0.15, 0.2) is 11.4 Å². The highest BCUT2D eigenvalue weighted by Crippen LogP contribution is 2.40. The fraction of sp³-hybridized carbons (Fsp3) is 0.0909. The highest BCUT2D eigenvalue weighted by Gasteiger charge is 2.46. The van der Waals surface area contributed by atoms with E-state index >= 15 is 0 Å². The molecule has 0 saturated carbocycles. The Morgan fingerprint density at radius 1 is 1.03 bits per heavy atom. The third kappa shape index (κ3) is 4.12. The van der Waals surface area contributed by atoms with Gasteiger partial charge in [-0.1, -0.05) is 52.3 Å². The lowest BCUT2D eigenvalue weighted by Gasteiger charge is -2.20. The Morgan fingerprint density at radius 3 is 2.52 bits per heavy atom. The van der Waals surface area contributed by atoms with E-state index in [1.54, 1.807) is 36.4 Å². The molecule has 31 heavy (non-hydrogen) atoms. The first-order valence-electron chi connectivity index (χ1n) is 9.24. The molecule has 7 nitrogen and oxygen atoms in total. The summed E-state index contributed by atoms with van der Waals surface area (Å²) in [5.74, 6) is -1.19. The molecule has 158 valence electrons. The quantitative estimate of drug-likeness (QED) is 0.447. The molecule has 0 saturated heterocycles. The topological polar surface area (TPSA) is 113 Å². The summed E-state index contributed by atoms with van der Waals surface area (Å²) in [6.45, 7) is 0. The van der Waals surface area contributed by atoms with Crippen molar-refractivity contribution in [3.8, 4) is 0 Å². The maximum atomic E-state index is 12.9. The summed E-state index contributed by atoms with van der Waals surface area (Å²) in [4.78, 5) is 25.4. The molecule has 0 unspecified atom stereocenters. The minimum absolute atomic E-state index is 0.0893. The number of carbonyl (C=O) groups excluding carboxylic acids is 2. The fourth-order valence-corrected chi connectivity index (χ4v) is 4.84. The van der Waals surface area contributed by atoms with E-state index in [9.17, 15) is 23.1 Å². The summed E-state index contributed by atoms with van der Waals surface area (Å²) in [6, 6.07) is 18.7. The van der Waals surface area contributed by atoms with E-state index in [4.69, 9.17) is 0 Å². The summed E-state index contributed by atoms with van der Waals surface area (Å²) in [5, 5.41) is 13.6. The number of sulfonamides is 1. The Hall–Kier alpha value is -3.01. The van der Waals surface area contributed by atoms with Gasteiger partial charge in [-0.2, -0.15) is 0 Å². The lowest BCUT2D eigenvalue weighted by Crippen LogP contribution is -2.36. The highest BCUT2D eigenvalue weighted by atomic mass is 79.9. The van der Waals surface area contributed by atoms with Crippen molar-refractivity contribution in [1.29, 1.82) is 0 Å². The van der Waals surface area contributed by atoms with Crippen molar-refractivity contribution < 1.29 is 23.1 Å². The molecular weight excluding hydrogens is 484 g/mol. The first-order chi connectivity index (χ1) is 14.7. The molecule has 0 bridgehead atoms. The van der Waals surface area contributed by atoms with Crippen LogP contribution in [0.2, 0.25) is 0 Å². The predicted molar refractivity (Wildman–Crippen MR) is 119 cm³/mol. The van der Waals surface area contributed by atoms with E-state index in [0.717, 1.165) is 4.47 Å². The third-order valence-electron chi connectivity index (χ3n) is 4.96. The predicted octanol–water partition coefficient (Wildman–Crippen LogP) is 3.66. The Balaban J connectivity index is 1.58. The lowest BCUT2D eigenvalue weighted by molar-refractivity contribution is -0.133. The zero-order chi connectivity index (χ0) is 22.2. The van der Waals surface area contributed by atoms with Crippen molar-refractivity contribution in [3.05, 3.63) is 88.4 Å². The minimum atomic E-state index is -3.82. The number of fused-ring (bicyclic) bond motifs is 1. The molecule has 0 spiro atoms. The van der Waals surface area contributed by atoms with Crippen LogP contribution in [0.25, 0.3) is 0 Å². The van der Waals surface area contributed by atoms with E-state index in [0.29, 0.717) is 11.3 Å². The first-order valence-corrected chi connectivity index (χ1v) is 11.5. The number of anilines is 2. The molecule has 1 aliphatic heterocycles. The number of halogens is 1. The van der Waals surface area contributed by atoms with Crippen LogP contribution in [0.3, 0.4) is 0 Å². The summed E-state index contributed by atoms with van der Waals surface area (Å²) < 4.78 is 28.2. The van der Waals surface area contributed by atoms with Gasteiger partial charge in [0.25, 0.3) is 15.9 Å². The molecule has 1 heterocycles. The minimum Gasteiger partial charge on any atom is -0.375 e. The van der Waals surface area contributed by atoms with Crippen LogP contribution in [0, 0.1) is 0 Å². The van der Waals surface area contributed by atoms with Crippen LogP contribution in [0.1, 0.15) is 22.3 Å². The Labute approximate surface area is 187 Å². The molecule has 1 atom stereocenters. The number of aliphatic hydroxyl groups is 1. The first kappa shape index (κ1) is 21.2. The third-order valence-corrected chi connectivity index (χ3v) is 6.85. The van der Waals surface area contributed by atoms with Crippen molar-refractivity contribution in [2.24, 2.45) is 0 Å². The average molecular weight is 501 g/mol. The second kappa shape index (κ2) is 7.92. The number of rotatable bonds is 6. The number of carbonyl (C=O) groups is 2. The average Bonchev–Trinajstić information content (AvgIpc) is 2.97. The van der Waals surface area contributed by atoms with Gasteiger partial charge >= 0.3 is 0 Å². The molecular formula is C22H17BrN2O5S. The number of benzene rings is 3. The number of amides is 1. The molecule has 3 aromatic rings. The standard InChI is InChI=1S/C22H17BrN2O5S/c23-15-9-10-18-19(12-15)24-21(27)22(18,28)13-20(26)14-5-4-6-16(11-14)25-31(29,30)17-7-2-1-3-8-17/h1-12,25,28H,13H2,(H,24,27)/t22-/m1/s1. The molecule has 4 rings (SSSR count). The Kier molecular flexibility index (Phi) is 5.42. The van der Waals surface area contributed by atoms with E-state index in [1.165, 1.54) is 36.4 Å². The largest absolute Gasteiger partial charge is 0.375 e. The van der Waals surface area contributed by atoms with E-state index in [2.05, 4.69) is 26.0 Å².